The van der Waals surface area contributed by atoms with Gasteiger partial charge in [0.25, 0.3) is 0 Å². The Balaban J connectivity index is 0.935. The average Bonchev–Trinajstić information content (AvgIpc) is 4.03. The van der Waals surface area contributed by atoms with E-state index in [-0.39, 0.29) is 0 Å². The molecular weight excluding hydrogens is 745 g/mol. The third kappa shape index (κ3) is 5.76. The minimum Gasteiger partial charge on any atom is -0.309 e. The van der Waals surface area contributed by atoms with E-state index >= 15 is 0 Å². The molecule has 6 heteroatoms. The van der Waals surface area contributed by atoms with Gasteiger partial charge < -0.3 is 4.57 Å². The van der Waals surface area contributed by atoms with E-state index in [1.165, 1.54) is 21.8 Å². The van der Waals surface area contributed by atoms with Crippen molar-refractivity contribution in [2.45, 2.75) is 0 Å². The molecule has 0 amide bonds. The number of rotatable bonds is 7. The van der Waals surface area contributed by atoms with Crippen LogP contribution in [-0.2, 0) is 0 Å². The number of fused-ring (bicyclic) bond motifs is 5. The Labute approximate surface area is 351 Å². The monoisotopic (exact) mass is 780 g/mol. The molecule has 0 aliphatic rings. The van der Waals surface area contributed by atoms with Crippen LogP contribution in [0.4, 0.5) is 0 Å². The number of hydrogen-bond donors (Lipinski definition) is 0. The average molecular weight is 781 g/mol. The number of hydrogen-bond acceptors (Lipinski definition) is 3. The molecule has 12 aromatic rings. The minimum absolute atomic E-state index is 0.808. The molecule has 6 nitrogen and oxygen atoms in total. The summed E-state index contributed by atoms with van der Waals surface area (Å²) < 4.78 is 6.78. The Hall–Kier alpha value is -8.35. The molecule has 0 atom stereocenters. The first-order valence-electron chi connectivity index (χ1n) is 20.5. The molecule has 0 radical (unpaired) electrons. The van der Waals surface area contributed by atoms with Crippen LogP contribution in [-0.4, -0.2) is 28.7 Å². The minimum atomic E-state index is 0.808. The van der Waals surface area contributed by atoms with Gasteiger partial charge in [0.1, 0.15) is 17.2 Å². The van der Waals surface area contributed by atoms with Gasteiger partial charge in [0, 0.05) is 50.7 Å². The molecule has 4 aromatic heterocycles. The summed E-state index contributed by atoms with van der Waals surface area (Å²) in [5, 5.41) is 2.48. The molecule has 0 N–H and O–H groups in total. The first-order valence-corrected chi connectivity index (χ1v) is 20.5. The van der Waals surface area contributed by atoms with Gasteiger partial charge in [-0.1, -0.05) is 146 Å². The van der Waals surface area contributed by atoms with Crippen LogP contribution >= 0.6 is 0 Å². The van der Waals surface area contributed by atoms with Crippen molar-refractivity contribution < 1.29 is 0 Å². The van der Waals surface area contributed by atoms with Crippen LogP contribution < -0.4 is 0 Å². The summed E-state index contributed by atoms with van der Waals surface area (Å²) in [5.74, 6) is 1.76. The summed E-state index contributed by atoms with van der Waals surface area (Å²) in [6, 6.07) is 74.7. The van der Waals surface area contributed by atoms with Gasteiger partial charge in [-0.15, -0.1) is 0 Å². The van der Waals surface area contributed by atoms with Crippen LogP contribution in [0.1, 0.15) is 0 Å². The highest BCUT2D eigenvalue weighted by Crippen LogP contribution is 2.37. The van der Waals surface area contributed by atoms with E-state index in [1.807, 2.05) is 24.4 Å². The van der Waals surface area contributed by atoms with E-state index < -0.39 is 0 Å². The summed E-state index contributed by atoms with van der Waals surface area (Å²) in [7, 11) is 0. The van der Waals surface area contributed by atoms with E-state index in [2.05, 4.69) is 208 Å². The van der Waals surface area contributed by atoms with Gasteiger partial charge in [0.15, 0.2) is 5.65 Å². The van der Waals surface area contributed by atoms with E-state index in [0.717, 1.165) is 84.3 Å². The second-order valence-corrected chi connectivity index (χ2v) is 15.3. The molecule has 0 aliphatic carbocycles. The predicted octanol–water partition coefficient (Wildman–Crippen LogP) is 13.5. The van der Waals surface area contributed by atoms with E-state index in [0.29, 0.717) is 0 Å². The Bertz CT molecular complexity index is 3510. The molecule has 0 saturated carbocycles. The highest BCUT2D eigenvalue weighted by Gasteiger charge is 2.20. The molecule has 0 spiro atoms. The van der Waals surface area contributed by atoms with Gasteiger partial charge in [-0.25, -0.2) is 15.0 Å². The first-order chi connectivity index (χ1) is 30.3. The maximum absolute atomic E-state index is 5.41. The lowest BCUT2D eigenvalue weighted by atomic mass is 10.0. The van der Waals surface area contributed by atoms with Crippen LogP contribution in [0.25, 0.3) is 106 Å². The number of nitrogens with zero attached hydrogens (tertiary/aromatic N) is 6. The van der Waals surface area contributed by atoms with Gasteiger partial charge >= 0.3 is 0 Å². The maximum Gasteiger partial charge on any atom is 0.165 e. The first kappa shape index (κ1) is 34.7. The Kier molecular flexibility index (Phi) is 8.06. The van der Waals surface area contributed by atoms with Crippen molar-refractivity contribution in [2.75, 3.05) is 0 Å². The maximum atomic E-state index is 5.41. The van der Waals surface area contributed by atoms with Crippen molar-refractivity contribution >= 4 is 44.0 Å². The summed E-state index contributed by atoms with van der Waals surface area (Å²) in [5.41, 5.74) is 15.7. The molecule has 12 rings (SSSR count). The normalized spacial score (nSPS) is 11.6. The number of aromatic nitrogens is 6. The predicted molar refractivity (Wildman–Crippen MR) is 250 cm³/mol. The zero-order valence-electron chi connectivity index (χ0n) is 33.0. The van der Waals surface area contributed by atoms with Crippen LogP contribution in [0.2, 0.25) is 0 Å². The second kappa shape index (κ2) is 14.2. The number of para-hydroxylation sites is 5. The fourth-order valence-corrected chi connectivity index (χ4v) is 8.92. The lowest BCUT2D eigenvalue weighted by Gasteiger charge is -2.12. The molecule has 286 valence electrons. The lowest BCUT2D eigenvalue weighted by molar-refractivity contribution is 1.08. The quantitative estimate of drug-likeness (QED) is 0.162. The van der Waals surface area contributed by atoms with E-state index in [4.69, 9.17) is 15.0 Å². The second-order valence-electron chi connectivity index (χ2n) is 15.3. The zero-order chi connectivity index (χ0) is 40.3. The third-order valence-corrected chi connectivity index (χ3v) is 11.8. The van der Waals surface area contributed by atoms with Crippen LogP contribution in [0, 0.1) is 0 Å². The zero-order valence-corrected chi connectivity index (χ0v) is 33.0. The highest BCUT2D eigenvalue weighted by molar-refractivity contribution is 6.09. The van der Waals surface area contributed by atoms with Crippen molar-refractivity contribution in [3.63, 3.8) is 0 Å². The Morgan fingerprint density at radius 3 is 1.57 bits per heavy atom. The topological polar surface area (TPSA) is 53.5 Å². The van der Waals surface area contributed by atoms with Gasteiger partial charge in [-0.2, -0.15) is 0 Å². The van der Waals surface area contributed by atoms with E-state index in [1.54, 1.807) is 0 Å². The highest BCUT2D eigenvalue weighted by atomic mass is 15.1. The van der Waals surface area contributed by atoms with Crippen molar-refractivity contribution in [3.8, 4) is 62.1 Å². The molecule has 0 aliphatic heterocycles. The standard InChI is InChI=1S/C55H36N6/c1-3-14-39(15-4-1)53-57-48-22-9-12-25-51(48)60(53)43-32-30-38(31-33-43)37-26-28-40(29-27-37)54-58-52-45(34-35-56-55(52)61(54)42-17-5-2-6-18-42)41-16-13-19-44(36-41)59-49-23-10-7-20-46(49)47-21-8-11-24-50(47)59/h1-36H. The smallest absolute Gasteiger partial charge is 0.165 e. The van der Waals surface area contributed by atoms with Crippen molar-refractivity contribution in [1.29, 1.82) is 0 Å². The largest absolute Gasteiger partial charge is 0.309 e. The summed E-state index contributed by atoms with van der Waals surface area (Å²) in [6.07, 6.45) is 1.90. The lowest BCUT2D eigenvalue weighted by Crippen LogP contribution is -1.98. The molecular formula is C55H36N6. The van der Waals surface area contributed by atoms with Crippen LogP contribution in [0.15, 0.2) is 219 Å². The van der Waals surface area contributed by atoms with Gasteiger partial charge in [-0.3, -0.25) is 9.13 Å². The summed E-state index contributed by atoms with van der Waals surface area (Å²) in [6.45, 7) is 0. The van der Waals surface area contributed by atoms with E-state index in [9.17, 15) is 0 Å². The fourth-order valence-electron chi connectivity index (χ4n) is 8.92. The molecule has 0 unspecified atom stereocenters. The van der Waals surface area contributed by atoms with Crippen molar-refractivity contribution in [3.05, 3.63) is 219 Å². The molecule has 0 saturated heterocycles. The number of benzene rings is 8. The Morgan fingerprint density at radius 1 is 0.328 bits per heavy atom. The van der Waals surface area contributed by atoms with Crippen molar-refractivity contribution in [2.24, 2.45) is 0 Å². The molecule has 0 bridgehead atoms. The molecule has 4 heterocycles. The fraction of sp³-hybridized carbons (Fsp3) is 0. The summed E-state index contributed by atoms with van der Waals surface area (Å²) in [4.78, 5) is 15.4. The third-order valence-electron chi connectivity index (χ3n) is 11.8. The SMILES string of the molecule is c1ccc(-c2nc3ccccc3n2-c2ccc(-c3ccc(-c4nc5c(-c6cccc(-n7c8ccccc8c8ccccc87)c6)ccnc5n4-c4ccccc4)cc3)cc2)cc1. The molecule has 61 heavy (non-hydrogen) atoms. The van der Waals surface area contributed by atoms with Gasteiger partial charge in [0.2, 0.25) is 0 Å². The van der Waals surface area contributed by atoms with Crippen LogP contribution in [0.5, 0.6) is 0 Å². The number of imidazole rings is 2. The Morgan fingerprint density at radius 2 is 0.852 bits per heavy atom. The van der Waals surface area contributed by atoms with Crippen molar-refractivity contribution in [1.82, 2.24) is 28.7 Å². The number of pyridine rings is 1. The van der Waals surface area contributed by atoms with Gasteiger partial charge in [0.05, 0.1) is 22.1 Å². The summed E-state index contributed by atoms with van der Waals surface area (Å²) >= 11 is 0. The molecule has 0 fully saturated rings. The van der Waals surface area contributed by atoms with Crippen LogP contribution in [0.3, 0.4) is 0 Å². The van der Waals surface area contributed by atoms with Gasteiger partial charge in [-0.05, 0) is 83.4 Å². The molecule has 8 aromatic carbocycles.